The number of ether oxygens (including phenoxy) is 1. The minimum atomic E-state index is -7.17. The van der Waals surface area contributed by atoms with E-state index in [1.165, 1.54) is 18.2 Å². The number of halogens is 13. The quantitative estimate of drug-likeness (QED) is 0.134. The number of anilines is 1. The fourth-order valence-electron chi connectivity index (χ4n) is 3.33. The number of fused-ring (bicyclic) bond motifs is 1. The second-order valence-electron chi connectivity index (χ2n) is 7.67. The molecule has 1 atom stereocenters. The largest absolute Gasteiger partial charge is 0.618 e. The topological polar surface area (TPSA) is 65.3 Å². The number of nitrogens with zero attached hydrogens (tertiary/aromatic N) is 1. The van der Waals surface area contributed by atoms with Crippen LogP contribution in [0, 0.1) is 8.78 Å². The molecule has 1 unspecified atom stereocenters. The molecule has 3 aromatic rings. The lowest BCUT2D eigenvalue weighted by molar-refractivity contribution is -0.577. The van der Waals surface area contributed by atoms with Crippen molar-refractivity contribution < 1.29 is 66.9 Å². The van der Waals surface area contributed by atoms with Crippen molar-refractivity contribution in [2.24, 2.45) is 0 Å². The maximum Gasteiger partial charge on any atom is 0.573 e. The lowest BCUT2D eigenvalue weighted by Crippen LogP contribution is -2.59. The molecule has 0 radical (unpaired) electrons. The molecule has 1 heterocycles. The normalized spacial score (nSPS) is 14.7. The molecule has 0 aliphatic carbocycles. The van der Waals surface area contributed by atoms with Crippen LogP contribution >= 0.6 is 22.6 Å². The van der Waals surface area contributed by atoms with Crippen molar-refractivity contribution in [2.45, 2.75) is 30.3 Å². The Bertz CT molecular complexity index is 1420. The van der Waals surface area contributed by atoms with Crippen molar-refractivity contribution in [3.63, 3.8) is 0 Å². The Morgan fingerprint density at radius 2 is 1.49 bits per heavy atom. The Hall–Kier alpha value is -3.19. The van der Waals surface area contributed by atoms with E-state index >= 15 is 0 Å². The van der Waals surface area contributed by atoms with E-state index in [-0.39, 0.29) is 11.6 Å². The van der Waals surface area contributed by atoms with Crippen molar-refractivity contribution in [3.8, 4) is 5.75 Å². The summed E-state index contributed by atoms with van der Waals surface area (Å²) in [5.74, 6) is -10.4. The Morgan fingerprint density at radius 3 is 2.03 bits per heavy atom. The van der Waals surface area contributed by atoms with Crippen molar-refractivity contribution in [2.75, 3.05) is 5.32 Å². The third-order valence-electron chi connectivity index (χ3n) is 5.12. The van der Waals surface area contributed by atoms with Gasteiger partial charge in [-0.05, 0) is 52.9 Å². The molecule has 0 saturated carbocycles. The van der Waals surface area contributed by atoms with Gasteiger partial charge in [-0.15, -0.1) is 13.2 Å². The Balaban J connectivity index is 2.19. The fraction of sp³-hybridized carbons (Fsp3) is 0.238. The van der Waals surface area contributed by atoms with Gasteiger partial charge in [0.05, 0.1) is 5.69 Å². The molecule has 3 rings (SSSR count). The number of carbonyl (C=O) groups excluding carboxylic acids is 1. The molecular formula is C21H9F12IN2O3. The summed E-state index contributed by atoms with van der Waals surface area (Å²) in [7, 11) is 0. The van der Waals surface area contributed by atoms with E-state index in [0.29, 0.717) is 10.1 Å². The number of amides is 1. The standard InChI is InChI=1S/C21H9F12IN2O3/c22-17(19(25,26)27,18(23,24)20(28,29)30)11-7-12(34)15(14(8-11)39-21(31,32)33)35-16(37)10-4-3-9-2-1-5-36(38)13(9)6-10/h1-8H,(H,35,37). The van der Waals surface area contributed by atoms with Gasteiger partial charge < -0.3 is 15.3 Å². The van der Waals surface area contributed by atoms with E-state index in [0.717, 1.165) is 40.9 Å². The van der Waals surface area contributed by atoms with Crippen LogP contribution in [-0.2, 0) is 5.67 Å². The van der Waals surface area contributed by atoms with E-state index in [2.05, 4.69) is 4.74 Å². The summed E-state index contributed by atoms with van der Waals surface area (Å²) in [4.78, 5) is 12.7. The summed E-state index contributed by atoms with van der Waals surface area (Å²) in [5.41, 5.74) is -10.8. The third kappa shape index (κ3) is 5.60. The summed E-state index contributed by atoms with van der Waals surface area (Å²) in [5, 5.41) is 14.0. The van der Waals surface area contributed by atoms with Crippen molar-refractivity contribution in [1.82, 2.24) is 0 Å². The van der Waals surface area contributed by atoms with E-state index in [4.69, 9.17) is 0 Å². The first kappa shape index (κ1) is 30.4. The van der Waals surface area contributed by atoms with Crippen LogP contribution in [0.2, 0.25) is 0 Å². The molecule has 0 spiro atoms. The van der Waals surface area contributed by atoms with Crippen LogP contribution in [0.5, 0.6) is 5.75 Å². The maximum atomic E-state index is 14.9. The van der Waals surface area contributed by atoms with Gasteiger partial charge in [0.15, 0.2) is 11.9 Å². The first-order valence-electron chi connectivity index (χ1n) is 9.83. The summed E-state index contributed by atoms with van der Waals surface area (Å²) in [6.45, 7) is 0. The molecule has 0 saturated heterocycles. The van der Waals surface area contributed by atoms with Crippen LogP contribution < -0.4 is 14.8 Å². The molecule has 0 aliphatic heterocycles. The zero-order chi connectivity index (χ0) is 29.8. The van der Waals surface area contributed by atoms with Gasteiger partial charge >= 0.3 is 30.3 Å². The van der Waals surface area contributed by atoms with Gasteiger partial charge in [0.1, 0.15) is 0 Å². The molecule has 0 aliphatic rings. The Labute approximate surface area is 222 Å². The van der Waals surface area contributed by atoms with E-state index in [9.17, 15) is 62.7 Å². The molecular weight excluding hydrogens is 683 g/mol. The van der Waals surface area contributed by atoms with E-state index < -0.39 is 68.4 Å². The summed E-state index contributed by atoms with van der Waals surface area (Å²) >= 11 is 0.876. The van der Waals surface area contributed by atoms with Gasteiger partial charge in [-0.25, -0.2) is 4.39 Å². The molecule has 18 heteroatoms. The van der Waals surface area contributed by atoms with Crippen molar-refractivity contribution in [1.29, 1.82) is 0 Å². The molecule has 212 valence electrons. The Kier molecular flexibility index (Phi) is 7.61. The molecule has 5 nitrogen and oxygen atoms in total. The molecule has 2 aromatic carbocycles. The van der Waals surface area contributed by atoms with Gasteiger partial charge in [-0.2, -0.15) is 39.9 Å². The first-order valence-corrected chi connectivity index (χ1v) is 10.9. The van der Waals surface area contributed by atoms with Gasteiger partial charge in [0.2, 0.25) is 5.52 Å². The smallest absolute Gasteiger partial charge is 0.573 e. The number of hydrogen-bond donors (Lipinski definition) is 1. The van der Waals surface area contributed by atoms with E-state index in [1.807, 2.05) is 0 Å². The van der Waals surface area contributed by atoms with Crippen LogP contribution in [0.3, 0.4) is 0 Å². The number of carbonyl (C=O) groups is 1. The minimum absolute atomic E-state index is 0.0938. The lowest BCUT2D eigenvalue weighted by atomic mass is 9.87. The van der Waals surface area contributed by atoms with Gasteiger partial charge in [-0.1, -0.05) is 0 Å². The summed E-state index contributed by atoms with van der Waals surface area (Å²) < 4.78 is 163. The van der Waals surface area contributed by atoms with Crippen LogP contribution in [0.4, 0.5) is 58.4 Å². The fourth-order valence-corrected chi connectivity index (χ4v) is 4.07. The molecule has 0 fully saturated rings. The molecule has 1 amide bonds. The minimum Gasteiger partial charge on any atom is -0.618 e. The predicted molar refractivity (Wildman–Crippen MR) is 117 cm³/mol. The number of rotatable bonds is 5. The zero-order valence-corrected chi connectivity index (χ0v) is 20.4. The third-order valence-corrected chi connectivity index (χ3v) is 5.97. The first-order chi connectivity index (χ1) is 17.6. The highest BCUT2D eigenvalue weighted by Crippen LogP contribution is 2.59. The number of hydrogen-bond acceptors (Lipinski definition) is 3. The predicted octanol–water partition coefficient (Wildman–Crippen LogP) is 7.15. The summed E-state index contributed by atoms with van der Waals surface area (Å²) in [6.07, 6.45) is -18.9. The van der Waals surface area contributed by atoms with Gasteiger partial charge in [0, 0.05) is 32.2 Å². The van der Waals surface area contributed by atoms with Crippen LogP contribution in [0.1, 0.15) is 15.9 Å². The highest BCUT2D eigenvalue weighted by Gasteiger charge is 2.81. The van der Waals surface area contributed by atoms with Crippen LogP contribution in [0.25, 0.3) is 10.9 Å². The molecule has 1 aromatic heterocycles. The monoisotopic (exact) mass is 692 g/mol. The van der Waals surface area contributed by atoms with Crippen molar-refractivity contribution in [3.05, 3.63) is 68.6 Å². The second kappa shape index (κ2) is 9.77. The SMILES string of the molecule is O=C(Nc1c(I)cc(C(F)(C(F)(F)F)C(F)(F)C(F)(F)F)cc1OC(F)(F)F)c1ccc2ccc[n+]([O-])c2c1. The summed E-state index contributed by atoms with van der Waals surface area (Å²) in [6, 6.07) is 5.20. The average Bonchev–Trinajstić information content (AvgIpc) is 2.77. The molecule has 1 N–H and O–H groups in total. The van der Waals surface area contributed by atoms with Crippen molar-refractivity contribution >= 4 is 45.1 Å². The van der Waals surface area contributed by atoms with Crippen LogP contribution in [0.15, 0.2) is 48.7 Å². The highest BCUT2D eigenvalue weighted by molar-refractivity contribution is 14.1. The highest BCUT2D eigenvalue weighted by atomic mass is 127. The maximum absolute atomic E-state index is 14.9. The van der Waals surface area contributed by atoms with Gasteiger partial charge in [0.25, 0.3) is 5.91 Å². The molecule has 39 heavy (non-hydrogen) atoms. The number of aromatic nitrogens is 1. The van der Waals surface area contributed by atoms with Gasteiger partial charge in [-0.3, -0.25) is 4.79 Å². The Morgan fingerprint density at radius 1 is 0.872 bits per heavy atom. The number of benzene rings is 2. The van der Waals surface area contributed by atoms with E-state index in [1.54, 1.807) is 5.32 Å². The zero-order valence-electron chi connectivity index (χ0n) is 18.2. The number of alkyl halides is 12. The van der Waals surface area contributed by atoms with Crippen LogP contribution in [-0.4, -0.2) is 30.5 Å². The second-order valence-corrected chi connectivity index (χ2v) is 8.83. The number of nitrogens with one attached hydrogen (secondary N) is 1. The number of pyridine rings is 1. The molecule has 0 bridgehead atoms. The average molecular weight is 692 g/mol. The lowest BCUT2D eigenvalue weighted by Gasteiger charge is -2.36.